The van der Waals surface area contributed by atoms with Crippen LogP contribution in [0.3, 0.4) is 0 Å². The second-order valence-electron chi connectivity index (χ2n) is 12.0. The van der Waals surface area contributed by atoms with Crippen LogP contribution in [-0.2, 0) is 23.8 Å². The molecule has 2 atom stereocenters. The summed E-state index contributed by atoms with van der Waals surface area (Å²) in [4.78, 5) is 0. The quantitative estimate of drug-likeness (QED) is 0.125. The summed E-state index contributed by atoms with van der Waals surface area (Å²) in [6.07, 6.45) is 2.71. The zero-order valence-electron chi connectivity index (χ0n) is 23.4. The summed E-state index contributed by atoms with van der Waals surface area (Å²) in [6, 6.07) is 34.2. The molecule has 44 heavy (non-hydrogen) atoms. The Morgan fingerprint density at radius 3 is 1.82 bits per heavy atom. The minimum absolute atomic E-state index is 0.370. The minimum atomic E-state index is -0.975. The monoisotopic (exact) mass is 582 g/mol. The van der Waals surface area contributed by atoms with E-state index in [1.54, 1.807) is 0 Å². The predicted octanol–water partition coefficient (Wildman–Crippen LogP) is 8.42. The lowest BCUT2D eigenvalue weighted by Gasteiger charge is -2.39. The number of benzene rings is 5. The highest BCUT2D eigenvalue weighted by Gasteiger charge is 2.58. The van der Waals surface area contributed by atoms with Crippen molar-refractivity contribution in [1.82, 2.24) is 0 Å². The minimum Gasteiger partial charge on any atom is -0.207 e. The molecule has 5 heteroatoms. The molecule has 0 N–H and O–H groups in total. The molecule has 0 saturated carbocycles. The zero-order valence-corrected chi connectivity index (χ0v) is 23.4. The highest BCUT2D eigenvalue weighted by Crippen LogP contribution is 2.58. The van der Waals surface area contributed by atoms with E-state index in [-0.39, 0.29) is 0 Å². The van der Waals surface area contributed by atoms with E-state index in [4.69, 9.17) is 0 Å². The lowest BCUT2D eigenvalue weighted by Crippen LogP contribution is -2.62. The molecule has 2 heterocycles. The third-order valence-electron chi connectivity index (χ3n) is 10.0. The topological polar surface area (TPSA) is 3.88 Å². The second kappa shape index (κ2) is 8.76. The molecule has 3 aliphatic rings. The fourth-order valence-electron chi connectivity index (χ4n) is 8.53. The largest absolute Gasteiger partial charge is 0.224 e. The molecule has 212 valence electrons. The maximum absolute atomic E-state index is 15.8. The highest BCUT2D eigenvalue weighted by molar-refractivity contribution is 5.85. The van der Waals surface area contributed by atoms with Crippen molar-refractivity contribution in [3.05, 3.63) is 184 Å². The summed E-state index contributed by atoms with van der Waals surface area (Å²) in [5.41, 5.74) is 6.07. The molecular formula is C39H24F4N+. The predicted molar refractivity (Wildman–Crippen MR) is 160 cm³/mol. The average Bonchev–Trinajstić information content (AvgIpc) is 3.45. The third-order valence-corrected chi connectivity index (χ3v) is 10.0. The van der Waals surface area contributed by atoms with Crippen LogP contribution in [0.1, 0.15) is 39.1 Å². The van der Waals surface area contributed by atoms with Crippen LogP contribution in [0.2, 0.25) is 0 Å². The molecule has 2 aliphatic carbocycles. The average molecular weight is 583 g/mol. The maximum Gasteiger partial charge on any atom is 0.224 e. The van der Waals surface area contributed by atoms with Crippen molar-refractivity contribution in [2.24, 2.45) is 0 Å². The Balaban J connectivity index is 1.44. The van der Waals surface area contributed by atoms with E-state index in [0.717, 1.165) is 51.2 Å². The SMILES string of the molecule is Fc1cc(F)c2c(c1)C1(Cc3cccc[n+]3C3(Cc4ccccc41)c1ccccc1-c1c(F)cc(F)cc13)c1ccccc1-2. The first-order valence-corrected chi connectivity index (χ1v) is 14.7. The number of fused-ring (bicyclic) bond motifs is 14. The van der Waals surface area contributed by atoms with E-state index in [1.807, 2.05) is 97.2 Å². The van der Waals surface area contributed by atoms with Gasteiger partial charge in [0.15, 0.2) is 11.9 Å². The fourth-order valence-corrected chi connectivity index (χ4v) is 8.53. The number of hydrogen-bond donors (Lipinski definition) is 0. The molecule has 0 radical (unpaired) electrons. The summed E-state index contributed by atoms with van der Waals surface area (Å²) in [5, 5.41) is 0. The van der Waals surface area contributed by atoms with Gasteiger partial charge in [-0.3, -0.25) is 0 Å². The van der Waals surface area contributed by atoms with E-state index in [2.05, 4.69) is 4.57 Å². The third kappa shape index (κ3) is 3.06. The van der Waals surface area contributed by atoms with Gasteiger partial charge in [-0.05, 0) is 45.5 Å². The highest BCUT2D eigenvalue weighted by atomic mass is 19.1. The first-order valence-electron chi connectivity index (χ1n) is 14.7. The number of rotatable bonds is 0. The molecule has 5 aromatic carbocycles. The van der Waals surface area contributed by atoms with Gasteiger partial charge in [-0.1, -0.05) is 78.9 Å². The van der Waals surface area contributed by atoms with Crippen molar-refractivity contribution in [2.75, 3.05) is 0 Å². The van der Waals surface area contributed by atoms with Gasteiger partial charge in [0.05, 0.1) is 11.8 Å². The van der Waals surface area contributed by atoms with Crippen molar-refractivity contribution in [2.45, 2.75) is 23.8 Å². The van der Waals surface area contributed by atoms with Crippen LogP contribution in [-0.4, -0.2) is 0 Å². The Morgan fingerprint density at radius 1 is 0.500 bits per heavy atom. The molecule has 2 unspecified atom stereocenters. The van der Waals surface area contributed by atoms with E-state index < -0.39 is 34.2 Å². The molecule has 0 bridgehead atoms. The summed E-state index contributed by atoms with van der Waals surface area (Å²) in [7, 11) is 0. The van der Waals surface area contributed by atoms with E-state index >= 15 is 17.6 Å². The van der Waals surface area contributed by atoms with Gasteiger partial charge in [0.2, 0.25) is 5.54 Å². The van der Waals surface area contributed by atoms with Crippen molar-refractivity contribution >= 4 is 0 Å². The molecule has 1 aromatic heterocycles. The lowest BCUT2D eigenvalue weighted by molar-refractivity contribution is -0.750. The van der Waals surface area contributed by atoms with Crippen molar-refractivity contribution in [3.8, 4) is 22.3 Å². The van der Waals surface area contributed by atoms with Crippen LogP contribution in [0.25, 0.3) is 22.3 Å². The van der Waals surface area contributed by atoms with Crippen LogP contribution in [0, 0.1) is 23.3 Å². The molecule has 1 aliphatic heterocycles. The smallest absolute Gasteiger partial charge is 0.207 e. The van der Waals surface area contributed by atoms with Crippen molar-refractivity contribution in [3.63, 3.8) is 0 Å². The Morgan fingerprint density at radius 2 is 1.07 bits per heavy atom. The van der Waals surface area contributed by atoms with Crippen LogP contribution in [0.15, 0.2) is 121 Å². The van der Waals surface area contributed by atoms with Gasteiger partial charge in [0, 0.05) is 52.9 Å². The van der Waals surface area contributed by atoms with Gasteiger partial charge < -0.3 is 0 Å². The van der Waals surface area contributed by atoms with E-state index in [1.165, 1.54) is 12.1 Å². The first-order chi connectivity index (χ1) is 21.4. The number of halogens is 4. The summed E-state index contributed by atoms with van der Waals surface area (Å²) in [6.45, 7) is 0. The Kier molecular flexibility index (Phi) is 5.07. The van der Waals surface area contributed by atoms with Gasteiger partial charge in [-0.2, -0.15) is 4.57 Å². The number of aromatic nitrogens is 1. The summed E-state index contributed by atoms with van der Waals surface area (Å²) >= 11 is 0. The fraction of sp³-hybridized carbons (Fsp3) is 0.103. The van der Waals surface area contributed by atoms with Gasteiger partial charge in [-0.25, -0.2) is 17.6 Å². The molecule has 0 saturated heterocycles. The van der Waals surface area contributed by atoms with Crippen molar-refractivity contribution in [1.29, 1.82) is 0 Å². The molecule has 6 aromatic rings. The summed E-state index contributed by atoms with van der Waals surface area (Å²) < 4.78 is 64.0. The normalized spacial score (nSPS) is 20.3. The number of nitrogens with zero attached hydrogens (tertiary/aromatic N) is 1. The molecule has 1 nitrogen and oxygen atoms in total. The number of pyridine rings is 1. The van der Waals surface area contributed by atoms with Crippen LogP contribution in [0.5, 0.6) is 0 Å². The molecule has 0 fully saturated rings. The van der Waals surface area contributed by atoms with Gasteiger partial charge in [-0.15, -0.1) is 0 Å². The Hall–Kier alpha value is -5.03. The molecule has 0 amide bonds. The van der Waals surface area contributed by atoms with Gasteiger partial charge in [0.25, 0.3) is 0 Å². The second-order valence-corrected chi connectivity index (χ2v) is 12.0. The van der Waals surface area contributed by atoms with Crippen LogP contribution < -0.4 is 4.57 Å². The van der Waals surface area contributed by atoms with E-state index in [0.29, 0.717) is 35.1 Å². The lowest BCUT2D eigenvalue weighted by atomic mass is 9.65. The summed E-state index contributed by atoms with van der Waals surface area (Å²) in [5.74, 6) is -2.46. The number of hydrogen-bond acceptors (Lipinski definition) is 0. The Bertz CT molecular complexity index is 2050. The standard InChI is InChI=1S/C39H24F4N/c40-24-17-32-36(34(42)19-24)27-11-2-5-14-30(27)38(32)22-26-10-7-8-16-44(26)39(21-23-9-1-4-13-29(23)38)31-15-6-3-12-28(31)37-33(39)18-25(41)20-35(37)43/h1-20H,21-22H2/q+1. The molecule has 9 rings (SSSR count). The van der Waals surface area contributed by atoms with Crippen LogP contribution in [0.4, 0.5) is 17.6 Å². The van der Waals surface area contributed by atoms with Crippen LogP contribution >= 0.6 is 0 Å². The maximum atomic E-state index is 15.8. The van der Waals surface area contributed by atoms with Gasteiger partial charge in [0.1, 0.15) is 23.3 Å². The van der Waals surface area contributed by atoms with Gasteiger partial charge >= 0.3 is 0 Å². The van der Waals surface area contributed by atoms with Crippen molar-refractivity contribution < 1.29 is 22.1 Å². The first kappa shape index (κ1) is 25.5. The Labute approximate surface area is 251 Å². The van der Waals surface area contributed by atoms with E-state index in [9.17, 15) is 0 Å². The zero-order chi connectivity index (χ0) is 29.8. The molecule has 2 spiro atoms. The molecular weight excluding hydrogens is 558 g/mol.